The highest BCUT2D eigenvalue weighted by Gasteiger charge is 2.22. The van der Waals surface area contributed by atoms with Gasteiger partial charge in [0.05, 0.1) is 12.7 Å². The van der Waals surface area contributed by atoms with Crippen molar-refractivity contribution in [2.24, 2.45) is 0 Å². The van der Waals surface area contributed by atoms with Crippen molar-refractivity contribution in [3.63, 3.8) is 0 Å². The zero-order valence-electron chi connectivity index (χ0n) is 11.4. The van der Waals surface area contributed by atoms with Gasteiger partial charge in [0.15, 0.2) is 5.78 Å². The lowest BCUT2D eigenvalue weighted by Crippen LogP contribution is -2.43. The molecule has 1 aromatic rings. The summed E-state index contributed by atoms with van der Waals surface area (Å²) in [6.45, 7) is 1.72. The van der Waals surface area contributed by atoms with Crippen molar-refractivity contribution < 1.29 is 19.1 Å². The van der Waals surface area contributed by atoms with Crippen molar-refractivity contribution in [1.82, 2.24) is 5.32 Å². The first-order valence-electron chi connectivity index (χ1n) is 6.16. The fourth-order valence-corrected chi connectivity index (χ4v) is 1.91. The van der Waals surface area contributed by atoms with E-state index in [1.807, 2.05) is 0 Å². The monoisotopic (exact) mass is 295 g/mol. The van der Waals surface area contributed by atoms with E-state index in [9.17, 15) is 14.4 Å². The Morgan fingerprint density at radius 2 is 1.85 bits per heavy atom. The molecule has 1 amide bonds. The molecule has 0 bridgehead atoms. The van der Waals surface area contributed by atoms with Gasteiger partial charge in [0.1, 0.15) is 6.04 Å². The first-order valence-corrected chi connectivity index (χ1v) is 6.80. The lowest BCUT2D eigenvalue weighted by molar-refractivity contribution is -0.142. The number of nitrogens with one attached hydrogen (secondary N) is 1. The van der Waals surface area contributed by atoms with E-state index < -0.39 is 17.9 Å². The third kappa shape index (κ3) is 3.84. The van der Waals surface area contributed by atoms with Crippen LogP contribution in [-0.2, 0) is 9.53 Å². The molecule has 1 rings (SSSR count). The molecule has 1 atom stereocenters. The minimum absolute atomic E-state index is 0.113. The largest absolute Gasteiger partial charge is 0.467 e. The van der Waals surface area contributed by atoms with E-state index in [1.54, 1.807) is 31.2 Å². The maximum absolute atomic E-state index is 12.2. The van der Waals surface area contributed by atoms with E-state index in [2.05, 4.69) is 22.7 Å². The van der Waals surface area contributed by atoms with Crippen LogP contribution in [0.25, 0.3) is 0 Å². The summed E-state index contributed by atoms with van der Waals surface area (Å²) in [7, 11) is 1.24. The summed E-state index contributed by atoms with van der Waals surface area (Å²) < 4.78 is 4.57. The quantitative estimate of drug-likeness (QED) is 0.474. The second kappa shape index (κ2) is 7.69. The molecule has 20 heavy (non-hydrogen) atoms. The molecule has 0 heterocycles. The van der Waals surface area contributed by atoms with Crippen molar-refractivity contribution in [3.8, 4) is 0 Å². The molecule has 1 aromatic carbocycles. The van der Waals surface area contributed by atoms with Crippen molar-refractivity contribution in [1.29, 1.82) is 0 Å². The SMILES string of the molecule is CCC(=O)c1ccccc1C(=O)N[C@H](CS)C(=O)OC. The number of esters is 1. The summed E-state index contributed by atoms with van der Waals surface area (Å²) in [6, 6.07) is 5.64. The maximum Gasteiger partial charge on any atom is 0.329 e. The first kappa shape index (κ1) is 16.2. The predicted octanol–water partition coefficient (Wildman–Crippen LogP) is 1.48. The Kier molecular flexibility index (Phi) is 6.24. The summed E-state index contributed by atoms with van der Waals surface area (Å²) >= 11 is 4.00. The summed E-state index contributed by atoms with van der Waals surface area (Å²) in [4.78, 5) is 35.4. The van der Waals surface area contributed by atoms with E-state index in [4.69, 9.17) is 0 Å². The van der Waals surface area contributed by atoms with Gasteiger partial charge in [0.2, 0.25) is 0 Å². The third-order valence-corrected chi connectivity index (χ3v) is 3.13. The van der Waals surface area contributed by atoms with Crippen LogP contribution < -0.4 is 5.32 Å². The Morgan fingerprint density at radius 1 is 1.25 bits per heavy atom. The van der Waals surface area contributed by atoms with Crippen LogP contribution in [0.1, 0.15) is 34.1 Å². The summed E-state index contributed by atoms with van der Waals surface area (Å²) in [5, 5.41) is 2.51. The van der Waals surface area contributed by atoms with Gasteiger partial charge in [-0.1, -0.05) is 25.1 Å². The number of ketones is 1. The lowest BCUT2D eigenvalue weighted by Gasteiger charge is -2.15. The average Bonchev–Trinajstić information content (AvgIpc) is 2.50. The number of benzene rings is 1. The third-order valence-electron chi connectivity index (χ3n) is 2.77. The van der Waals surface area contributed by atoms with Gasteiger partial charge in [-0.05, 0) is 6.07 Å². The van der Waals surface area contributed by atoms with E-state index in [0.29, 0.717) is 12.0 Å². The summed E-state index contributed by atoms with van der Waals surface area (Å²) in [5.41, 5.74) is 0.588. The number of carbonyl (C=O) groups is 3. The average molecular weight is 295 g/mol. The number of carbonyl (C=O) groups excluding carboxylic acids is 3. The van der Waals surface area contributed by atoms with Crippen LogP contribution in [-0.4, -0.2) is 36.6 Å². The fourth-order valence-electron chi connectivity index (χ4n) is 1.67. The van der Waals surface area contributed by atoms with Crippen LogP contribution in [0.5, 0.6) is 0 Å². The molecule has 0 radical (unpaired) electrons. The minimum atomic E-state index is -0.847. The van der Waals surface area contributed by atoms with E-state index in [1.165, 1.54) is 7.11 Å². The molecular formula is C14H17NO4S. The van der Waals surface area contributed by atoms with Gasteiger partial charge >= 0.3 is 5.97 Å². The van der Waals surface area contributed by atoms with Crippen molar-refractivity contribution in [2.45, 2.75) is 19.4 Å². The minimum Gasteiger partial charge on any atom is -0.467 e. The number of ether oxygens (including phenoxy) is 1. The Bertz CT molecular complexity index is 516. The van der Waals surface area contributed by atoms with Gasteiger partial charge in [0, 0.05) is 17.7 Å². The van der Waals surface area contributed by atoms with Gasteiger partial charge < -0.3 is 10.1 Å². The summed E-state index contributed by atoms with van der Waals surface area (Å²) in [5.74, 6) is -1.08. The number of thiol groups is 1. The molecule has 108 valence electrons. The highest BCUT2D eigenvalue weighted by molar-refractivity contribution is 7.80. The number of amides is 1. The Morgan fingerprint density at radius 3 is 2.35 bits per heavy atom. The predicted molar refractivity (Wildman–Crippen MR) is 78.2 cm³/mol. The highest BCUT2D eigenvalue weighted by atomic mass is 32.1. The van der Waals surface area contributed by atoms with E-state index >= 15 is 0 Å². The number of Topliss-reactive ketones (excluding diaryl/α,β-unsaturated/α-hetero) is 1. The molecule has 6 heteroatoms. The smallest absolute Gasteiger partial charge is 0.329 e. The van der Waals surface area contributed by atoms with Crippen LogP contribution in [0.2, 0.25) is 0 Å². The molecule has 0 saturated heterocycles. The van der Waals surface area contributed by atoms with Gasteiger partial charge in [-0.25, -0.2) is 4.79 Å². The molecule has 0 fully saturated rings. The van der Waals surface area contributed by atoms with Crippen LogP contribution in [0.3, 0.4) is 0 Å². The number of hydrogen-bond donors (Lipinski definition) is 2. The first-order chi connectivity index (χ1) is 9.54. The van der Waals surface area contributed by atoms with Crippen molar-refractivity contribution in [3.05, 3.63) is 35.4 Å². The van der Waals surface area contributed by atoms with Gasteiger partial charge in [0.25, 0.3) is 5.91 Å². The zero-order valence-corrected chi connectivity index (χ0v) is 12.3. The molecule has 0 saturated carbocycles. The molecule has 0 aliphatic heterocycles. The fraction of sp³-hybridized carbons (Fsp3) is 0.357. The van der Waals surface area contributed by atoms with Gasteiger partial charge in [-0.3, -0.25) is 9.59 Å². The summed E-state index contributed by atoms with van der Waals surface area (Å²) in [6.07, 6.45) is 0.303. The van der Waals surface area contributed by atoms with Gasteiger partial charge in [-0.15, -0.1) is 0 Å². The Hall–Kier alpha value is -1.82. The zero-order chi connectivity index (χ0) is 15.1. The van der Waals surface area contributed by atoms with Crippen LogP contribution in [0, 0.1) is 0 Å². The Balaban J connectivity index is 2.98. The molecular weight excluding hydrogens is 278 g/mol. The molecule has 0 aliphatic rings. The molecule has 0 spiro atoms. The second-order valence-corrected chi connectivity index (χ2v) is 4.42. The number of rotatable bonds is 6. The molecule has 0 aliphatic carbocycles. The lowest BCUT2D eigenvalue weighted by atomic mass is 10.0. The van der Waals surface area contributed by atoms with Crippen LogP contribution >= 0.6 is 12.6 Å². The van der Waals surface area contributed by atoms with Gasteiger partial charge in [-0.2, -0.15) is 12.6 Å². The maximum atomic E-state index is 12.2. The molecule has 0 aromatic heterocycles. The van der Waals surface area contributed by atoms with Crippen LogP contribution in [0.4, 0.5) is 0 Å². The van der Waals surface area contributed by atoms with Crippen LogP contribution in [0.15, 0.2) is 24.3 Å². The number of methoxy groups -OCH3 is 1. The Labute approximate surface area is 123 Å². The van der Waals surface area contributed by atoms with Crippen molar-refractivity contribution >= 4 is 30.3 Å². The van der Waals surface area contributed by atoms with E-state index in [0.717, 1.165) is 0 Å². The van der Waals surface area contributed by atoms with E-state index in [-0.39, 0.29) is 17.1 Å². The molecule has 5 nitrogen and oxygen atoms in total. The standard InChI is InChI=1S/C14H17NO4S/c1-3-12(16)9-6-4-5-7-10(9)13(17)15-11(8-20)14(18)19-2/h4-7,11,20H,3,8H2,1-2H3,(H,15,17)/t11-/m1/s1. The number of hydrogen-bond acceptors (Lipinski definition) is 5. The van der Waals surface area contributed by atoms with Crippen molar-refractivity contribution in [2.75, 3.05) is 12.9 Å². The molecule has 0 unspecified atom stereocenters. The highest BCUT2D eigenvalue weighted by Crippen LogP contribution is 2.11. The topological polar surface area (TPSA) is 72.5 Å². The normalized spacial score (nSPS) is 11.6. The molecule has 1 N–H and O–H groups in total. The second-order valence-electron chi connectivity index (χ2n) is 4.05.